The van der Waals surface area contributed by atoms with Crippen LogP contribution in [0, 0.1) is 0 Å². The van der Waals surface area contributed by atoms with E-state index in [4.69, 9.17) is 14.2 Å². The van der Waals surface area contributed by atoms with Gasteiger partial charge in [-0.2, -0.15) is 0 Å². The van der Waals surface area contributed by atoms with Crippen LogP contribution in [0.4, 0.5) is 0 Å². The van der Waals surface area contributed by atoms with Gasteiger partial charge in [0.1, 0.15) is 13.2 Å². The van der Waals surface area contributed by atoms with E-state index in [2.05, 4.69) is 215 Å². The van der Waals surface area contributed by atoms with Gasteiger partial charge in [-0.25, -0.2) is 0 Å². The van der Waals surface area contributed by atoms with E-state index in [1.807, 2.05) is 0 Å². The SMILES string of the molecule is CC/C=C\C/C=C\C/C=C\C/C=C\C/C=C\C/C=C\C/C=C\C/C=C\C/C=C\C/C=C\CCCCC(=O)OCC(COC(=O)CCCCC/C=C\C/C=C\C/C=C\CC)OC(=O)CCCCCCCCC/C=C\C/C=C\C/C=C\CC. The van der Waals surface area contributed by atoms with Crippen LogP contribution in [0.25, 0.3) is 0 Å². The van der Waals surface area contributed by atoms with Gasteiger partial charge in [-0.1, -0.05) is 254 Å². The molecule has 6 heteroatoms. The van der Waals surface area contributed by atoms with Gasteiger partial charge in [-0.15, -0.1) is 0 Å². The van der Waals surface area contributed by atoms with Gasteiger partial charge in [0.05, 0.1) is 0 Å². The molecule has 0 aromatic rings. The first-order valence-electron chi connectivity index (χ1n) is 31.9. The molecule has 0 N–H and O–H groups in total. The third kappa shape index (κ3) is 64.9. The van der Waals surface area contributed by atoms with E-state index in [0.717, 1.165) is 173 Å². The lowest BCUT2D eigenvalue weighted by molar-refractivity contribution is -0.167. The summed E-state index contributed by atoms with van der Waals surface area (Å²) in [5.41, 5.74) is 0. The fourth-order valence-corrected chi connectivity index (χ4v) is 7.91. The predicted octanol–water partition coefficient (Wildman–Crippen LogP) is 22.2. The molecule has 0 aromatic heterocycles. The van der Waals surface area contributed by atoms with E-state index in [1.54, 1.807) is 0 Å². The van der Waals surface area contributed by atoms with Crippen LogP contribution in [0.1, 0.15) is 239 Å². The van der Waals surface area contributed by atoms with Crippen LogP contribution < -0.4 is 0 Å². The van der Waals surface area contributed by atoms with Crippen LogP contribution in [0.5, 0.6) is 0 Å². The summed E-state index contributed by atoms with van der Waals surface area (Å²) in [6.07, 6.45) is 102. The Bertz CT molecular complexity index is 1950. The van der Waals surface area contributed by atoms with Gasteiger partial charge in [0, 0.05) is 19.3 Å². The van der Waals surface area contributed by atoms with Gasteiger partial charge in [-0.3, -0.25) is 14.4 Å². The van der Waals surface area contributed by atoms with Crippen molar-refractivity contribution in [3.63, 3.8) is 0 Å². The van der Waals surface area contributed by atoms with Crippen LogP contribution >= 0.6 is 0 Å². The highest BCUT2D eigenvalue weighted by molar-refractivity contribution is 5.71. The van der Waals surface area contributed by atoms with Crippen molar-refractivity contribution >= 4 is 17.9 Å². The van der Waals surface area contributed by atoms with Crippen LogP contribution in [0.15, 0.2) is 194 Å². The van der Waals surface area contributed by atoms with Gasteiger partial charge in [0.2, 0.25) is 0 Å². The molecule has 0 aliphatic carbocycles. The first-order valence-corrected chi connectivity index (χ1v) is 31.9. The molecule has 0 radical (unpaired) electrons. The van der Waals surface area contributed by atoms with Crippen molar-refractivity contribution in [2.75, 3.05) is 13.2 Å². The Hall–Kier alpha value is -5.75. The second-order valence-electron chi connectivity index (χ2n) is 20.2. The molecule has 0 fully saturated rings. The quantitative estimate of drug-likeness (QED) is 0.0261. The number of ether oxygens (including phenoxy) is 3. The minimum absolute atomic E-state index is 0.121. The zero-order valence-corrected chi connectivity index (χ0v) is 51.5. The molecule has 6 nitrogen and oxygen atoms in total. The van der Waals surface area contributed by atoms with E-state index < -0.39 is 6.10 Å². The lowest BCUT2D eigenvalue weighted by Crippen LogP contribution is -2.30. The largest absolute Gasteiger partial charge is 0.462 e. The molecule has 0 aliphatic heterocycles. The van der Waals surface area contributed by atoms with Crippen molar-refractivity contribution in [3.8, 4) is 0 Å². The molecule has 0 saturated carbocycles. The summed E-state index contributed by atoms with van der Waals surface area (Å²) in [5, 5.41) is 0. The van der Waals surface area contributed by atoms with Crippen molar-refractivity contribution < 1.29 is 28.6 Å². The van der Waals surface area contributed by atoms with Crippen LogP contribution in [0.3, 0.4) is 0 Å². The number of carbonyl (C=O) groups is 3. The molecule has 1 atom stereocenters. The molecular formula is C75H114O6. The lowest BCUT2D eigenvalue weighted by Gasteiger charge is -2.18. The van der Waals surface area contributed by atoms with Crippen molar-refractivity contribution in [2.45, 2.75) is 245 Å². The monoisotopic (exact) mass is 1110 g/mol. The highest BCUT2D eigenvalue weighted by Crippen LogP contribution is 2.13. The molecule has 0 aliphatic rings. The van der Waals surface area contributed by atoms with Gasteiger partial charge in [0.15, 0.2) is 6.10 Å². The average Bonchev–Trinajstić information content (AvgIpc) is 3.46. The van der Waals surface area contributed by atoms with Gasteiger partial charge in [0.25, 0.3) is 0 Å². The maximum Gasteiger partial charge on any atom is 0.306 e. The van der Waals surface area contributed by atoms with E-state index >= 15 is 0 Å². The Morgan fingerprint density at radius 2 is 0.444 bits per heavy atom. The Kier molecular flexibility index (Phi) is 62.0. The number of hydrogen-bond acceptors (Lipinski definition) is 6. The van der Waals surface area contributed by atoms with Crippen molar-refractivity contribution in [2.24, 2.45) is 0 Å². The molecule has 1 unspecified atom stereocenters. The van der Waals surface area contributed by atoms with Crippen molar-refractivity contribution in [3.05, 3.63) is 194 Å². The topological polar surface area (TPSA) is 78.9 Å². The van der Waals surface area contributed by atoms with Crippen molar-refractivity contribution in [1.29, 1.82) is 0 Å². The van der Waals surface area contributed by atoms with Crippen molar-refractivity contribution in [1.82, 2.24) is 0 Å². The Morgan fingerprint density at radius 3 is 0.728 bits per heavy atom. The molecule has 0 amide bonds. The second-order valence-corrected chi connectivity index (χ2v) is 20.2. The van der Waals surface area contributed by atoms with E-state index in [9.17, 15) is 14.4 Å². The van der Waals surface area contributed by atoms with Crippen LogP contribution in [-0.2, 0) is 28.6 Å². The maximum absolute atomic E-state index is 12.9. The highest BCUT2D eigenvalue weighted by Gasteiger charge is 2.19. The molecule has 0 heterocycles. The molecule has 81 heavy (non-hydrogen) atoms. The number of carbonyl (C=O) groups excluding carboxylic acids is 3. The summed E-state index contributed by atoms with van der Waals surface area (Å²) in [5.74, 6) is -1.01. The smallest absolute Gasteiger partial charge is 0.306 e. The summed E-state index contributed by atoms with van der Waals surface area (Å²) in [4.78, 5) is 38.2. The zero-order chi connectivity index (χ0) is 58.5. The third-order valence-corrected chi connectivity index (χ3v) is 12.6. The molecule has 0 aromatic carbocycles. The Morgan fingerprint density at radius 1 is 0.247 bits per heavy atom. The summed E-state index contributed by atoms with van der Waals surface area (Å²) in [6, 6.07) is 0. The first kappa shape index (κ1) is 75.2. The van der Waals surface area contributed by atoms with Crippen LogP contribution in [-0.4, -0.2) is 37.2 Å². The normalized spacial score (nSPS) is 13.5. The number of hydrogen-bond donors (Lipinski definition) is 0. The summed E-state index contributed by atoms with van der Waals surface area (Å²) >= 11 is 0. The minimum atomic E-state index is -0.826. The predicted molar refractivity (Wildman–Crippen MR) is 352 cm³/mol. The fourth-order valence-electron chi connectivity index (χ4n) is 7.91. The number of esters is 3. The van der Waals surface area contributed by atoms with Gasteiger partial charge < -0.3 is 14.2 Å². The average molecular weight is 1110 g/mol. The standard InChI is InChI=1S/C75H114O6/c1-4-7-10-13-16-19-22-25-27-29-30-31-32-33-34-35-36-37-38-39-40-41-42-43-44-46-47-50-53-56-59-62-65-68-74(77)80-71-72(70-79-73(76)67-64-61-58-55-52-49-24-21-18-15-12-9-6-3)81-75(78)69-66-63-60-57-54-51-48-45-28-26-23-20-17-14-11-8-5-2/h7-12,16-21,25-28,30-31,33-34,36-37,39-40,42-43,46-47,49,52-53,56,72H,4-6,13-15,22-24,29,32,35,38,41,44-45,48,50-51,54-55,57-71H2,1-3H3/b10-7-,11-8-,12-9-,19-16-,20-17-,21-18-,27-25-,28-26-,31-30-,34-33-,37-36-,40-39-,43-42-,47-46-,52-49-,56-53-. The maximum atomic E-state index is 12.9. The molecule has 450 valence electrons. The summed E-state index contributed by atoms with van der Waals surface area (Å²) in [6.45, 7) is 6.21. The van der Waals surface area contributed by atoms with E-state index in [-0.39, 0.29) is 37.5 Å². The molecule has 0 saturated heterocycles. The molecule has 0 spiro atoms. The fraction of sp³-hybridized carbons (Fsp3) is 0.533. The lowest BCUT2D eigenvalue weighted by atomic mass is 10.1. The van der Waals surface area contributed by atoms with E-state index in [1.165, 1.54) is 19.3 Å². The number of unbranched alkanes of at least 4 members (excludes halogenated alkanes) is 12. The molecule has 0 bridgehead atoms. The Balaban J connectivity index is 4.44. The van der Waals surface area contributed by atoms with Crippen LogP contribution in [0.2, 0.25) is 0 Å². The molecular weight excluding hydrogens is 997 g/mol. The summed E-state index contributed by atoms with van der Waals surface area (Å²) in [7, 11) is 0. The minimum Gasteiger partial charge on any atom is -0.462 e. The zero-order valence-electron chi connectivity index (χ0n) is 51.5. The second kappa shape index (κ2) is 66.8. The van der Waals surface area contributed by atoms with Gasteiger partial charge >= 0.3 is 17.9 Å². The number of allylic oxidation sites excluding steroid dienone is 32. The Labute approximate surface area is 497 Å². The third-order valence-electron chi connectivity index (χ3n) is 12.6. The highest BCUT2D eigenvalue weighted by atomic mass is 16.6. The van der Waals surface area contributed by atoms with E-state index in [0.29, 0.717) is 19.3 Å². The summed E-state index contributed by atoms with van der Waals surface area (Å²) < 4.78 is 16.8. The molecule has 0 rings (SSSR count). The number of rotatable bonds is 55. The first-order chi connectivity index (χ1) is 40.0. The van der Waals surface area contributed by atoms with Gasteiger partial charge in [-0.05, 0) is 161 Å².